The molecule has 1 aliphatic heterocycles. The molecule has 2 aromatic rings. The highest BCUT2D eigenvalue weighted by atomic mass is 16.2. The molecule has 0 bridgehead atoms. The minimum absolute atomic E-state index is 0.0119. The van der Waals surface area contributed by atoms with Crippen LogP contribution in [0.4, 0.5) is 0 Å². The quantitative estimate of drug-likeness (QED) is 0.856. The maximum atomic E-state index is 12.6. The van der Waals surface area contributed by atoms with Crippen LogP contribution in [0.25, 0.3) is 0 Å². The molecule has 1 aliphatic rings. The largest absolute Gasteiger partial charge is 0.351 e. The minimum atomic E-state index is -0.0340. The van der Waals surface area contributed by atoms with Crippen LogP contribution in [0.15, 0.2) is 43.2 Å². The molecule has 7 nitrogen and oxygen atoms in total. The Hall–Kier alpha value is -2.70. The number of rotatable bonds is 6. The van der Waals surface area contributed by atoms with E-state index in [1.165, 1.54) is 0 Å². The molecule has 7 heteroatoms. The molecule has 1 atom stereocenters. The number of nitrogens with one attached hydrogen (secondary N) is 1. The lowest BCUT2D eigenvalue weighted by atomic mass is 9.95. The Kier molecular flexibility index (Phi) is 5.99. The van der Waals surface area contributed by atoms with E-state index in [-0.39, 0.29) is 23.8 Å². The fraction of sp³-hybridized carbons (Fsp3) is 0.474. The van der Waals surface area contributed by atoms with Gasteiger partial charge in [0.2, 0.25) is 5.91 Å². The van der Waals surface area contributed by atoms with Crippen molar-refractivity contribution < 1.29 is 9.59 Å². The first kappa shape index (κ1) is 18.1. The third-order valence-electron chi connectivity index (χ3n) is 4.91. The minimum Gasteiger partial charge on any atom is -0.351 e. The summed E-state index contributed by atoms with van der Waals surface area (Å²) in [5.74, 6) is 0.0686. The number of pyridine rings is 1. The first-order valence-corrected chi connectivity index (χ1v) is 9.12. The van der Waals surface area contributed by atoms with Crippen LogP contribution in [0, 0.1) is 5.92 Å². The van der Waals surface area contributed by atoms with Gasteiger partial charge in [-0.2, -0.15) is 0 Å². The fourth-order valence-corrected chi connectivity index (χ4v) is 3.27. The second kappa shape index (κ2) is 8.60. The van der Waals surface area contributed by atoms with Gasteiger partial charge in [-0.1, -0.05) is 6.92 Å². The highest BCUT2D eigenvalue weighted by molar-refractivity contribution is 5.94. The Morgan fingerprint density at radius 2 is 1.92 bits per heavy atom. The fourth-order valence-electron chi connectivity index (χ4n) is 3.27. The molecule has 3 heterocycles. The van der Waals surface area contributed by atoms with Crippen LogP contribution in [-0.4, -0.2) is 50.4 Å². The summed E-state index contributed by atoms with van der Waals surface area (Å²) in [6.07, 6.45) is 10.9. The Morgan fingerprint density at radius 1 is 1.19 bits per heavy atom. The topological polar surface area (TPSA) is 80.1 Å². The zero-order chi connectivity index (χ0) is 18.4. The first-order chi connectivity index (χ1) is 12.7. The van der Waals surface area contributed by atoms with E-state index in [0.717, 1.165) is 13.0 Å². The number of hydrogen-bond donors (Lipinski definition) is 1. The van der Waals surface area contributed by atoms with Gasteiger partial charge in [-0.25, -0.2) is 4.98 Å². The van der Waals surface area contributed by atoms with Crippen LogP contribution in [0.3, 0.4) is 0 Å². The number of hydrogen-bond acceptors (Lipinski definition) is 4. The van der Waals surface area contributed by atoms with Gasteiger partial charge in [-0.05, 0) is 31.4 Å². The number of carbonyl (C=O) groups excluding carboxylic acids is 2. The molecule has 0 aromatic carbocycles. The number of aromatic nitrogens is 3. The lowest BCUT2D eigenvalue weighted by molar-refractivity contribution is -0.127. The van der Waals surface area contributed by atoms with Gasteiger partial charge in [0.15, 0.2) is 0 Å². The van der Waals surface area contributed by atoms with Crippen molar-refractivity contribution in [1.29, 1.82) is 0 Å². The van der Waals surface area contributed by atoms with Crippen LogP contribution < -0.4 is 5.32 Å². The Morgan fingerprint density at radius 3 is 2.54 bits per heavy atom. The van der Waals surface area contributed by atoms with Crippen LogP contribution in [0.2, 0.25) is 0 Å². The third-order valence-corrected chi connectivity index (χ3v) is 4.91. The molecule has 0 radical (unpaired) electrons. The number of likely N-dealkylation sites (tertiary alicyclic amines) is 1. The summed E-state index contributed by atoms with van der Waals surface area (Å²) in [5.41, 5.74) is 0.647. The molecule has 2 aromatic heterocycles. The van der Waals surface area contributed by atoms with E-state index in [1.807, 2.05) is 15.7 Å². The van der Waals surface area contributed by atoms with Crippen molar-refractivity contribution >= 4 is 11.8 Å². The maximum absolute atomic E-state index is 12.6. The summed E-state index contributed by atoms with van der Waals surface area (Å²) >= 11 is 0. The molecular weight excluding hydrogens is 330 g/mol. The SMILES string of the molecule is CC[C@@H](Cn1ccnc1)NC(=O)C1CCN(C(=O)c2ccncc2)CC1. The smallest absolute Gasteiger partial charge is 0.253 e. The molecule has 0 spiro atoms. The van der Waals surface area contributed by atoms with Crippen molar-refractivity contribution in [3.05, 3.63) is 48.8 Å². The highest BCUT2D eigenvalue weighted by Gasteiger charge is 2.28. The molecule has 3 rings (SSSR count). The number of imidazole rings is 1. The summed E-state index contributed by atoms with van der Waals surface area (Å²) in [6, 6.07) is 3.54. The molecule has 1 fully saturated rings. The molecule has 2 amide bonds. The molecule has 138 valence electrons. The zero-order valence-electron chi connectivity index (χ0n) is 15.0. The van der Waals surface area contributed by atoms with E-state index in [1.54, 1.807) is 37.1 Å². The Labute approximate surface area is 153 Å². The molecule has 1 saturated heterocycles. The van der Waals surface area contributed by atoms with Gasteiger partial charge in [-0.15, -0.1) is 0 Å². The molecule has 26 heavy (non-hydrogen) atoms. The van der Waals surface area contributed by atoms with E-state index in [0.29, 0.717) is 31.5 Å². The Balaban J connectivity index is 1.49. The van der Waals surface area contributed by atoms with Gasteiger partial charge in [0, 0.05) is 61.9 Å². The van der Waals surface area contributed by atoms with Crippen LogP contribution in [0.1, 0.15) is 36.5 Å². The molecule has 0 unspecified atom stereocenters. The number of nitrogens with zero attached hydrogens (tertiary/aromatic N) is 4. The van der Waals surface area contributed by atoms with Crippen molar-refractivity contribution in [2.45, 2.75) is 38.8 Å². The van der Waals surface area contributed by atoms with E-state index < -0.39 is 0 Å². The van der Waals surface area contributed by atoms with Gasteiger partial charge in [0.25, 0.3) is 5.91 Å². The highest BCUT2D eigenvalue weighted by Crippen LogP contribution is 2.19. The van der Waals surface area contributed by atoms with Gasteiger partial charge in [0.05, 0.1) is 6.33 Å². The molecular formula is C19H25N5O2. The molecule has 1 N–H and O–H groups in total. The van der Waals surface area contributed by atoms with Crippen molar-refractivity contribution in [3.63, 3.8) is 0 Å². The van der Waals surface area contributed by atoms with Gasteiger partial charge < -0.3 is 14.8 Å². The molecule has 0 aliphatic carbocycles. The standard InChI is InChI=1S/C19H25N5O2/c1-2-17(13-23-12-9-21-14-23)22-18(25)15-5-10-24(11-6-15)19(26)16-3-7-20-8-4-16/h3-4,7-9,12,14-15,17H,2,5-6,10-11,13H2,1H3,(H,22,25)/t17-/m0/s1. The van der Waals surface area contributed by atoms with Gasteiger partial charge in [-0.3, -0.25) is 14.6 Å². The van der Waals surface area contributed by atoms with E-state index >= 15 is 0 Å². The summed E-state index contributed by atoms with van der Waals surface area (Å²) in [7, 11) is 0. The summed E-state index contributed by atoms with van der Waals surface area (Å²) < 4.78 is 1.98. The van der Waals surface area contributed by atoms with Crippen molar-refractivity contribution in [2.75, 3.05) is 13.1 Å². The van der Waals surface area contributed by atoms with Crippen LogP contribution in [-0.2, 0) is 11.3 Å². The summed E-state index contributed by atoms with van der Waals surface area (Å²) in [5, 5.41) is 3.15. The lowest BCUT2D eigenvalue weighted by Crippen LogP contribution is -2.46. The average Bonchev–Trinajstić information content (AvgIpc) is 3.20. The van der Waals surface area contributed by atoms with Crippen molar-refractivity contribution in [3.8, 4) is 0 Å². The maximum Gasteiger partial charge on any atom is 0.253 e. The Bertz CT molecular complexity index is 709. The predicted octanol–water partition coefficient (Wildman–Crippen LogP) is 1.73. The lowest BCUT2D eigenvalue weighted by Gasteiger charge is -2.32. The average molecular weight is 355 g/mol. The van der Waals surface area contributed by atoms with Gasteiger partial charge >= 0.3 is 0 Å². The van der Waals surface area contributed by atoms with E-state index in [9.17, 15) is 9.59 Å². The van der Waals surface area contributed by atoms with E-state index in [2.05, 4.69) is 22.2 Å². The number of carbonyl (C=O) groups is 2. The second-order valence-corrected chi connectivity index (χ2v) is 6.68. The number of amides is 2. The van der Waals surface area contributed by atoms with Gasteiger partial charge in [0.1, 0.15) is 0 Å². The van der Waals surface area contributed by atoms with Crippen LogP contribution >= 0.6 is 0 Å². The van der Waals surface area contributed by atoms with Crippen LogP contribution in [0.5, 0.6) is 0 Å². The second-order valence-electron chi connectivity index (χ2n) is 6.68. The number of piperidine rings is 1. The third kappa shape index (κ3) is 4.47. The molecule has 0 saturated carbocycles. The van der Waals surface area contributed by atoms with Crippen molar-refractivity contribution in [1.82, 2.24) is 24.8 Å². The predicted molar refractivity (Wildman–Crippen MR) is 97.3 cm³/mol. The zero-order valence-corrected chi connectivity index (χ0v) is 15.0. The van der Waals surface area contributed by atoms with Crippen molar-refractivity contribution in [2.24, 2.45) is 5.92 Å². The van der Waals surface area contributed by atoms with E-state index in [4.69, 9.17) is 0 Å². The normalized spacial score (nSPS) is 16.3. The first-order valence-electron chi connectivity index (χ1n) is 9.12. The summed E-state index contributed by atoms with van der Waals surface area (Å²) in [6.45, 7) is 4.01. The summed E-state index contributed by atoms with van der Waals surface area (Å²) in [4.78, 5) is 34.9. The monoisotopic (exact) mass is 355 g/mol.